The molecule has 0 atom stereocenters. The Morgan fingerprint density at radius 2 is 1.91 bits per heavy atom. The summed E-state index contributed by atoms with van der Waals surface area (Å²) in [5, 5.41) is 12.7. The van der Waals surface area contributed by atoms with Crippen molar-refractivity contribution >= 4 is 0 Å². The molecule has 0 aliphatic heterocycles. The minimum Gasteiger partial charge on any atom is -0.395 e. The lowest BCUT2D eigenvalue weighted by Gasteiger charge is -2.16. The highest BCUT2D eigenvalue weighted by atomic mass is 16.5. The van der Waals surface area contributed by atoms with E-state index < -0.39 is 0 Å². The van der Waals surface area contributed by atoms with Crippen LogP contribution in [0.25, 0.3) is 0 Å². The van der Waals surface area contributed by atoms with Crippen LogP contribution in [-0.2, 0) is 13.1 Å². The van der Waals surface area contributed by atoms with E-state index in [-0.39, 0.29) is 6.61 Å². The van der Waals surface area contributed by atoms with Gasteiger partial charge in [-0.05, 0) is 38.6 Å². The Morgan fingerprint density at radius 1 is 1.18 bits per heavy atom. The number of hydrogen-bond acceptors (Lipinski definition) is 4. The van der Waals surface area contributed by atoms with Gasteiger partial charge in [-0.3, -0.25) is 4.90 Å². The molecule has 2 rings (SSSR count). The van der Waals surface area contributed by atoms with Crippen molar-refractivity contribution in [1.82, 2.24) is 10.1 Å². The topological polar surface area (TPSA) is 49.5 Å². The Hall–Kier alpha value is -2.09. The first kappa shape index (κ1) is 16.3. The van der Waals surface area contributed by atoms with E-state index in [1.807, 2.05) is 26.0 Å². The Bertz CT molecular complexity index is 643. The average Bonchev–Trinajstić information content (AvgIpc) is 2.81. The fourth-order valence-electron chi connectivity index (χ4n) is 2.28. The number of aliphatic hydroxyl groups is 1. The van der Waals surface area contributed by atoms with Crippen molar-refractivity contribution in [2.75, 3.05) is 13.7 Å². The molecular weight excluding hydrogens is 276 g/mol. The van der Waals surface area contributed by atoms with Gasteiger partial charge in [0.1, 0.15) is 5.76 Å². The fourth-order valence-corrected chi connectivity index (χ4v) is 2.28. The maximum absolute atomic E-state index is 8.71. The standard InChI is InChI=1S/C18H22N2O2/c1-14-18(15(2)22-19-14)13-20(3)12-17-9-7-16(8-10-17)6-4-5-11-21/h7-10,21H,5,11-13H2,1-3H3. The molecule has 22 heavy (non-hydrogen) atoms. The third kappa shape index (κ3) is 4.45. The van der Waals surface area contributed by atoms with Crippen LogP contribution in [0.4, 0.5) is 0 Å². The van der Waals surface area contributed by atoms with Crippen LogP contribution in [0.5, 0.6) is 0 Å². The predicted octanol–water partition coefficient (Wildman–Crippen LogP) is 2.66. The van der Waals surface area contributed by atoms with Crippen LogP contribution in [-0.4, -0.2) is 28.8 Å². The predicted molar refractivity (Wildman–Crippen MR) is 86.2 cm³/mol. The molecule has 1 N–H and O–H groups in total. The highest BCUT2D eigenvalue weighted by Gasteiger charge is 2.11. The zero-order valence-corrected chi connectivity index (χ0v) is 13.4. The van der Waals surface area contributed by atoms with Crippen molar-refractivity contribution in [3.05, 3.63) is 52.4 Å². The molecule has 0 aliphatic rings. The molecule has 1 aromatic heterocycles. The fraction of sp³-hybridized carbons (Fsp3) is 0.389. The first-order valence-corrected chi connectivity index (χ1v) is 7.39. The second-order valence-corrected chi connectivity index (χ2v) is 5.45. The third-order valence-electron chi connectivity index (χ3n) is 3.49. The normalized spacial score (nSPS) is 10.6. The molecule has 2 aromatic rings. The van der Waals surface area contributed by atoms with E-state index >= 15 is 0 Å². The molecule has 0 spiro atoms. The van der Waals surface area contributed by atoms with Crippen LogP contribution in [0.3, 0.4) is 0 Å². The van der Waals surface area contributed by atoms with E-state index in [0.717, 1.165) is 35.7 Å². The smallest absolute Gasteiger partial charge is 0.138 e. The van der Waals surface area contributed by atoms with E-state index in [9.17, 15) is 0 Å². The lowest BCUT2D eigenvalue weighted by Crippen LogP contribution is -2.18. The third-order valence-corrected chi connectivity index (χ3v) is 3.49. The van der Waals surface area contributed by atoms with Gasteiger partial charge in [-0.1, -0.05) is 29.1 Å². The largest absolute Gasteiger partial charge is 0.395 e. The molecule has 0 fully saturated rings. The van der Waals surface area contributed by atoms with Crippen molar-refractivity contribution in [2.45, 2.75) is 33.4 Å². The summed E-state index contributed by atoms with van der Waals surface area (Å²) in [4.78, 5) is 2.24. The average molecular weight is 298 g/mol. The molecule has 0 unspecified atom stereocenters. The molecule has 0 saturated heterocycles. The highest BCUT2D eigenvalue weighted by molar-refractivity contribution is 5.36. The zero-order valence-electron chi connectivity index (χ0n) is 13.4. The molecule has 0 amide bonds. The summed E-state index contributed by atoms with van der Waals surface area (Å²) in [5.74, 6) is 6.85. The van der Waals surface area contributed by atoms with Crippen molar-refractivity contribution < 1.29 is 9.63 Å². The maximum Gasteiger partial charge on any atom is 0.138 e. The van der Waals surface area contributed by atoms with Gasteiger partial charge in [-0.25, -0.2) is 0 Å². The van der Waals surface area contributed by atoms with Gasteiger partial charge in [0, 0.05) is 30.6 Å². The van der Waals surface area contributed by atoms with Crippen LogP contribution in [0.2, 0.25) is 0 Å². The number of aromatic nitrogens is 1. The van der Waals surface area contributed by atoms with Gasteiger partial charge in [0.15, 0.2) is 0 Å². The summed E-state index contributed by atoms with van der Waals surface area (Å²) in [7, 11) is 2.08. The molecule has 116 valence electrons. The summed E-state index contributed by atoms with van der Waals surface area (Å²) in [5.41, 5.74) is 4.33. The van der Waals surface area contributed by atoms with Gasteiger partial charge in [0.2, 0.25) is 0 Å². The lowest BCUT2D eigenvalue weighted by atomic mass is 10.1. The zero-order chi connectivity index (χ0) is 15.9. The summed E-state index contributed by atoms with van der Waals surface area (Å²) < 4.78 is 5.20. The van der Waals surface area contributed by atoms with Crippen molar-refractivity contribution in [2.24, 2.45) is 0 Å². The van der Waals surface area contributed by atoms with Gasteiger partial charge < -0.3 is 9.63 Å². The van der Waals surface area contributed by atoms with Crippen LogP contribution in [0, 0.1) is 25.7 Å². The van der Waals surface area contributed by atoms with E-state index in [2.05, 4.69) is 41.1 Å². The van der Waals surface area contributed by atoms with Crippen LogP contribution < -0.4 is 0 Å². The highest BCUT2D eigenvalue weighted by Crippen LogP contribution is 2.15. The molecule has 4 nitrogen and oxygen atoms in total. The minimum absolute atomic E-state index is 0.109. The van der Waals surface area contributed by atoms with Gasteiger partial charge >= 0.3 is 0 Å². The Morgan fingerprint density at radius 3 is 2.50 bits per heavy atom. The van der Waals surface area contributed by atoms with Crippen LogP contribution in [0.1, 0.15) is 34.6 Å². The number of rotatable bonds is 5. The summed E-state index contributed by atoms with van der Waals surface area (Å²) in [6, 6.07) is 8.21. The minimum atomic E-state index is 0.109. The Kier molecular flexibility index (Phi) is 5.76. The monoisotopic (exact) mass is 298 g/mol. The van der Waals surface area contributed by atoms with Crippen molar-refractivity contribution in [1.29, 1.82) is 0 Å². The number of benzene rings is 1. The molecular formula is C18H22N2O2. The van der Waals surface area contributed by atoms with Gasteiger partial charge in [0.05, 0.1) is 12.3 Å². The van der Waals surface area contributed by atoms with Crippen LogP contribution in [0.15, 0.2) is 28.8 Å². The van der Waals surface area contributed by atoms with E-state index in [4.69, 9.17) is 9.63 Å². The number of hydrogen-bond donors (Lipinski definition) is 1. The molecule has 1 heterocycles. The quantitative estimate of drug-likeness (QED) is 0.862. The van der Waals surface area contributed by atoms with E-state index in [0.29, 0.717) is 6.42 Å². The number of nitrogens with zero attached hydrogens (tertiary/aromatic N) is 2. The van der Waals surface area contributed by atoms with Crippen molar-refractivity contribution in [3.63, 3.8) is 0 Å². The first-order valence-electron chi connectivity index (χ1n) is 7.39. The van der Waals surface area contributed by atoms with E-state index in [1.54, 1.807) is 0 Å². The number of aryl methyl sites for hydroxylation is 2. The van der Waals surface area contributed by atoms with Gasteiger partial charge in [-0.15, -0.1) is 0 Å². The van der Waals surface area contributed by atoms with E-state index in [1.165, 1.54) is 5.56 Å². The Labute approximate surface area is 131 Å². The summed E-state index contributed by atoms with van der Waals surface area (Å²) in [6.07, 6.45) is 0.516. The first-order chi connectivity index (χ1) is 10.6. The second kappa shape index (κ2) is 7.79. The molecule has 0 saturated carbocycles. The molecule has 1 aromatic carbocycles. The van der Waals surface area contributed by atoms with Gasteiger partial charge in [-0.2, -0.15) is 0 Å². The molecule has 4 heteroatoms. The summed E-state index contributed by atoms with van der Waals surface area (Å²) >= 11 is 0. The lowest BCUT2D eigenvalue weighted by molar-refractivity contribution is 0.305. The second-order valence-electron chi connectivity index (χ2n) is 5.45. The molecule has 0 aliphatic carbocycles. The van der Waals surface area contributed by atoms with Crippen molar-refractivity contribution in [3.8, 4) is 11.8 Å². The number of aliphatic hydroxyl groups excluding tert-OH is 1. The van der Waals surface area contributed by atoms with Gasteiger partial charge in [0.25, 0.3) is 0 Å². The summed E-state index contributed by atoms with van der Waals surface area (Å²) in [6.45, 7) is 5.70. The SMILES string of the molecule is Cc1noc(C)c1CN(C)Cc1ccc(C#CCCO)cc1. The van der Waals surface area contributed by atoms with Crippen LogP contribution >= 0.6 is 0 Å². The Balaban J connectivity index is 1.95. The molecule has 0 radical (unpaired) electrons. The maximum atomic E-state index is 8.71. The molecule has 0 bridgehead atoms.